The molecule has 0 saturated heterocycles. The van der Waals surface area contributed by atoms with Crippen LogP contribution in [-0.4, -0.2) is 12.3 Å². The van der Waals surface area contributed by atoms with Crippen molar-refractivity contribution in [1.29, 1.82) is 0 Å². The van der Waals surface area contributed by atoms with E-state index in [9.17, 15) is 0 Å². The molecule has 2 rings (SSSR count). The van der Waals surface area contributed by atoms with Crippen molar-refractivity contribution in [2.24, 2.45) is 10.7 Å². The third-order valence-electron chi connectivity index (χ3n) is 3.17. The van der Waals surface area contributed by atoms with Gasteiger partial charge < -0.3 is 10.5 Å². The highest BCUT2D eigenvalue weighted by Gasteiger charge is 2.06. The van der Waals surface area contributed by atoms with E-state index in [1.807, 2.05) is 49.4 Å². The van der Waals surface area contributed by atoms with Crippen LogP contribution in [0.2, 0.25) is 0 Å². The zero-order valence-electron chi connectivity index (χ0n) is 12.3. The number of para-hydroxylation sites is 1. The van der Waals surface area contributed by atoms with Crippen LogP contribution in [0.15, 0.2) is 59.6 Å². The zero-order valence-corrected chi connectivity index (χ0v) is 13.1. The Morgan fingerprint density at radius 2 is 1.81 bits per heavy atom. The Balaban J connectivity index is 1.98. The number of amidine groups is 1. The third kappa shape index (κ3) is 4.53. The lowest BCUT2D eigenvalue weighted by molar-refractivity contribution is 0.411. The molecule has 3 nitrogen and oxygen atoms in total. The number of ether oxygens (including phenoxy) is 1. The van der Waals surface area contributed by atoms with Gasteiger partial charge in [-0.3, -0.25) is 4.99 Å². The fraction of sp³-hybridized carbons (Fsp3) is 0.235. The number of hydrogen-bond donors (Lipinski definition) is 1. The maximum atomic E-state index is 6.02. The molecule has 110 valence electrons. The average molecular weight is 300 g/mol. The summed E-state index contributed by atoms with van der Waals surface area (Å²) in [7, 11) is 1.68. The maximum absolute atomic E-state index is 6.02. The Morgan fingerprint density at radius 1 is 1.14 bits per heavy atom. The van der Waals surface area contributed by atoms with E-state index in [0.29, 0.717) is 5.17 Å². The minimum absolute atomic E-state index is 0.0661. The number of rotatable bonds is 5. The summed E-state index contributed by atoms with van der Waals surface area (Å²) in [5, 5.41) is 0.595. The molecule has 0 aliphatic carbocycles. The third-order valence-corrected chi connectivity index (χ3v) is 4.03. The number of nitrogens with zero attached hydrogens (tertiary/aromatic N) is 1. The minimum Gasteiger partial charge on any atom is -0.496 e. The molecule has 0 amide bonds. The Kier molecular flexibility index (Phi) is 5.69. The number of methoxy groups -OCH3 is 1. The number of nitrogens with two attached hydrogens (primary N) is 1. The lowest BCUT2D eigenvalue weighted by atomic mass is 10.1. The molecule has 2 aromatic carbocycles. The summed E-state index contributed by atoms with van der Waals surface area (Å²) in [4.78, 5) is 4.53. The Morgan fingerprint density at radius 3 is 2.52 bits per heavy atom. The molecular weight excluding hydrogens is 280 g/mol. The van der Waals surface area contributed by atoms with Crippen molar-refractivity contribution in [2.45, 2.75) is 18.7 Å². The van der Waals surface area contributed by atoms with Gasteiger partial charge in [-0.2, -0.15) is 0 Å². The van der Waals surface area contributed by atoms with Gasteiger partial charge in [0, 0.05) is 11.3 Å². The predicted octanol–water partition coefficient (Wildman–Crippen LogP) is 4.00. The van der Waals surface area contributed by atoms with Gasteiger partial charge in [0.1, 0.15) is 5.75 Å². The molecule has 2 N–H and O–H groups in total. The van der Waals surface area contributed by atoms with Gasteiger partial charge in [0.15, 0.2) is 5.17 Å². The van der Waals surface area contributed by atoms with Crippen LogP contribution in [0.3, 0.4) is 0 Å². The van der Waals surface area contributed by atoms with Crippen LogP contribution < -0.4 is 10.5 Å². The Labute approximate surface area is 130 Å². The average Bonchev–Trinajstić information content (AvgIpc) is 2.54. The first kappa shape index (κ1) is 15.4. The molecule has 21 heavy (non-hydrogen) atoms. The Hall–Kier alpha value is -1.94. The largest absolute Gasteiger partial charge is 0.496 e. The summed E-state index contributed by atoms with van der Waals surface area (Å²) in [6.45, 7) is 2.05. The fourth-order valence-corrected chi connectivity index (χ4v) is 2.78. The van der Waals surface area contributed by atoms with Gasteiger partial charge in [-0.15, -0.1) is 0 Å². The van der Waals surface area contributed by atoms with Crippen molar-refractivity contribution < 1.29 is 4.74 Å². The highest BCUT2D eigenvalue weighted by atomic mass is 32.2. The van der Waals surface area contributed by atoms with Crippen LogP contribution in [0, 0.1) is 0 Å². The zero-order chi connectivity index (χ0) is 15.1. The number of benzene rings is 2. The van der Waals surface area contributed by atoms with E-state index in [-0.39, 0.29) is 6.04 Å². The normalized spacial score (nSPS) is 13.0. The molecule has 0 fully saturated rings. The molecule has 1 atom stereocenters. The van der Waals surface area contributed by atoms with E-state index >= 15 is 0 Å². The molecule has 0 aliphatic heterocycles. The first-order valence-electron chi connectivity index (χ1n) is 6.83. The minimum atomic E-state index is 0.0661. The van der Waals surface area contributed by atoms with Crippen molar-refractivity contribution in [1.82, 2.24) is 0 Å². The summed E-state index contributed by atoms with van der Waals surface area (Å²) in [5.74, 6) is 1.63. The summed E-state index contributed by atoms with van der Waals surface area (Å²) in [6, 6.07) is 18.2. The van der Waals surface area contributed by atoms with E-state index in [0.717, 1.165) is 17.1 Å². The molecule has 0 radical (unpaired) electrons. The highest BCUT2D eigenvalue weighted by molar-refractivity contribution is 8.13. The number of hydrogen-bond acceptors (Lipinski definition) is 3. The standard InChI is InChI=1S/C17H20N2OS/c1-13(14-8-4-3-5-9-14)19-17(18)21-12-15-10-6-7-11-16(15)20-2/h3-11,13H,12H2,1-2H3,(H2,18,19)/t13-/m0/s1. The molecule has 0 unspecified atom stereocenters. The first-order chi connectivity index (χ1) is 10.2. The van der Waals surface area contributed by atoms with Gasteiger partial charge in [0.2, 0.25) is 0 Å². The van der Waals surface area contributed by atoms with Crippen molar-refractivity contribution in [2.75, 3.05) is 7.11 Å². The summed E-state index contributed by atoms with van der Waals surface area (Å²) < 4.78 is 5.33. The molecule has 0 spiro atoms. The highest BCUT2D eigenvalue weighted by Crippen LogP contribution is 2.24. The smallest absolute Gasteiger partial charge is 0.154 e. The van der Waals surface area contributed by atoms with Crippen LogP contribution in [-0.2, 0) is 5.75 Å². The van der Waals surface area contributed by atoms with Gasteiger partial charge in [-0.1, -0.05) is 60.3 Å². The second-order valence-electron chi connectivity index (χ2n) is 4.65. The van der Waals surface area contributed by atoms with Crippen LogP contribution in [0.1, 0.15) is 24.1 Å². The molecule has 0 bridgehead atoms. The van der Waals surface area contributed by atoms with Crippen LogP contribution >= 0.6 is 11.8 Å². The van der Waals surface area contributed by atoms with Crippen LogP contribution in [0.4, 0.5) is 0 Å². The second-order valence-corrected chi connectivity index (χ2v) is 5.65. The number of aliphatic imine (C=N–C) groups is 1. The van der Waals surface area contributed by atoms with E-state index in [4.69, 9.17) is 10.5 Å². The number of thioether (sulfide) groups is 1. The van der Waals surface area contributed by atoms with Crippen molar-refractivity contribution >= 4 is 16.9 Å². The second kappa shape index (κ2) is 7.74. The van der Waals surface area contributed by atoms with Gasteiger partial charge in [0.05, 0.1) is 13.2 Å². The summed E-state index contributed by atoms with van der Waals surface area (Å²) >= 11 is 1.53. The Bertz CT molecular complexity index is 599. The predicted molar refractivity (Wildman–Crippen MR) is 90.8 cm³/mol. The topological polar surface area (TPSA) is 47.6 Å². The monoisotopic (exact) mass is 300 g/mol. The fourth-order valence-electron chi connectivity index (χ4n) is 2.01. The molecular formula is C17H20N2OS. The maximum Gasteiger partial charge on any atom is 0.154 e. The van der Waals surface area contributed by atoms with Gasteiger partial charge in [-0.05, 0) is 18.6 Å². The van der Waals surface area contributed by atoms with Gasteiger partial charge >= 0.3 is 0 Å². The van der Waals surface area contributed by atoms with Gasteiger partial charge in [0.25, 0.3) is 0 Å². The van der Waals surface area contributed by atoms with E-state index < -0.39 is 0 Å². The quantitative estimate of drug-likeness (QED) is 0.670. The lowest BCUT2D eigenvalue weighted by Gasteiger charge is -2.10. The lowest BCUT2D eigenvalue weighted by Crippen LogP contribution is -2.09. The molecule has 0 aliphatic rings. The van der Waals surface area contributed by atoms with Crippen LogP contribution in [0.5, 0.6) is 5.75 Å². The van der Waals surface area contributed by atoms with E-state index in [2.05, 4.69) is 17.1 Å². The molecule has 2 aromatic rings. The van der Waals surface area contributed by atoms with Crippen molar-refractivity contribution in [3.05, 3.63) is 65.7 Å². The van der Waals surface area contributed by atoms with E-state index in [1.54, 1.807) is 7.11 Å². The molecule has 4 heteroatoms. The first-order valence-corrected chi connectivity index (χ1v) is 7.82. The summed E-state index contributed by atoms with van der Waals surface area (Å²) in [6.07, 6.45) is 0. The SMILES string of the molecule is COc1ccccc1CSC(N)=N[C@@H](C)c1ccccc1. The van der Waals surface area contributed by atoms with Crippen molar-refractivity contribution in [3.8, 4) is 5.75 Å². The van der Waals surface area contributed by atoms with Gasteiger partial charge in [-0.25, -0.2) is 0 Å². The molecule has 0 heterocycles. The molecule has 0 saturated carbocycles. The van der Waals surface area contributed by atoms with E-state index in [1.165, 1.54) is 17.3 Å². The van der Waals surface area contributed by atoms with Crippen molar-refractivity contribution in [3.63, 3.8) is 0 Å². The molecule has 0 aromatic heterocycles. The van der Waals surface area contributed by atoms with Crippen LogP contribution in [0.25, 0.3) is 0 Å². The summed E-state index contributed by atoms with van der Waals surface area (Å²) in [5.41, 5.74) is 8.31.